The summed E-state index contributed by atoms with van der Waals surface area (Å²) in [5.74, 6) is -0.0377. The molecule has 0 bridgehead atoms. The lowest BCUT2D eigenvalue weighted by molar-refractivity contribution is -0.113. The third-order valence-corrected chi connectivity index (χ3v) is 3.25. The summed E-state index contributed by atoms with van der Waals surface area (Å²) in [5, 5.41) is 23.1. The van der Waals surface area contributed by atoms with Crippen molar-refractivity contribution >= 4 is 23.4 Å². The Balaban J connectivity index is 1.95. The van der Waals surface area contributed by atoms with E-state index >= 15 is 0 Å². The fourth-order valence-corrected chi connectivity index (χ4v) is 2.00. The Morgan fingerprint density at radius 3 is 3.00 bits per heavy atom. The normalized spacial score (nSPS) is 9.89. The van der Waals surface area contributed by atoms with Crippen molar-refractivity contribution in [3.05, 3.63) is 29.8 Å². The summed E-state index contributed by atoms with van der Waals surface area (Å²) in [6, 6.07) is 8.86. The van der Waals surface area contributed by atoms with Crippen molar-refractivity contribution in [1.29, 1.82) is 5.26 Å². The summed E-state index contributed by atoms with van der Waals surface area (Å²) in [4.78, 5) is 11.8. The average molecular weight is 274 g/mol. The van der Waals surface area contributed by atoms with Crippen molar-refractivity contribution in [3.63, 3.8) is 0 Å². The van der Waals surface area contributed by atoms with Gasteiger partial charge < -0.3 is 5.32 Å². The number of benzene rings is 1. The summed E-state index contributed by atoms with van der Waals surface area (Å²) >= 11 is 1.23. The molecular formula is C11H10N6OS. The Hall–Kier alpha value is -2.40. The van der Waals surface area contributed by atoms with Gasteiger partial charge in [-0.25, -0.2) is 4.68 Å². The zero-order valence-electron chi connectivity index (χ0n) is 10.1. The first kappa shape index (κ1) is 13.0. The number of thioether (sulfide) groups is 1. The predicted molar refractivity (Wildman–Crippen MR) is 69.3 cm³/mol. The van der Waals surface area contributed by atoms with E-state index in [1.165, 1.54) is 16.4 Å². The highest BCUT2D eigenvalue weighted by molar-refractivity contribution is 7.99. The molecule has 8 heteroatoms. The third kappa shape index (κ3) is 3.29. The summed E-state index contributed by atoms with van der Waals surface area (Å²) in [6.07, 6.45) is 0. The lowest BCUT2D eigenvalue weighted by atomic mass is 10.2. The van der Waals surface area contributed by atoms with E-state index in [0.717, 1.165) is 0 Å². The van der Waals surface area contributed by atoms with Gasteiger partial charge in [0.1, 0.15) is 6.07 Å². The smallest absolute Gasteiger partial charge is 0.234 e. The van der Waals surface area contributed by atoms with Gasteiger partial charge in [-0.3, -0.25) is 4.79 Å². The van der Waals surface area contributed by atoms with E-state index in [1.807, 2.05) is 6.07 Å². The summed E-state index contributed by atoms with van der Waals surface area (Å²) in [5.41, 5.74) is 0.938. The molecule has 1 N–H and O–H groups in total. The first-order chi connectivity index (χ1) is 9.20. The second-order valence-electron chi connectivity index (χ2n) is 3.58. The molecule has 19 heavy (non-hydrogen) atoms. The van der Waals surface area contributed by atoms with Crippen molar-refractivity contribution in [2.24, 2.45) is 7.05 Å². The van der Waals surface area contributed by atoms with Gasteiger partial charge in [0.05, 0.1) is 17.0 Å². The summed E-state index contributed by atoms with van der Waals surface area (Å²) < 4.78 is 1.49. The Labute approximate surface area is 113 Å². The van der Waals surface area contributed by atoms with Crippen LogP contribution in [0.5, 0.6) is 0 Å². The molecule has 2 aromatic rings. The zero-order valence-corrected chi connectivity index (χ0v) is 10.9. The van der Waals surface area contributed by atoms with Gasteiger partial charge in [-0.15, -0.1) is 5.10 Å². The fourth-order valence-electron chi connectivity index (χ4n) is 1.35. The fraction of sp³-hybridized carbons (Fsp3) is 0.182. The number of rotatable bonds is 4. The average Bonchev–Trinajstić information content (AvgIpc) is 2.82. The van der Waals surface area contributed by atoms with Crippen LogP contribution in [0.4, 0.5) is 5.69 Å². The minimum Gasteiger partial charge on any atom is -0.324 e. The van der Waals surface area contributed by atoms with Crippen LogP contribution in [0.15, 0.2) is 29.4 Å². The predicted octanol–water partition coefficient (Wildman–Crippen LogP) is 0.813. The molecule has 0 unspecified atom stereocenters. The van der Waals surface area contributed by atoms with E-state index in [0.29, 0.717) is 16.4 Å². The van der Waals surface area contributed by atoms with Crippen LogP contribution < -0.4 is 5.32 Å². The monoisotopic (exact) mass is 274 g/mol. The Bertz CT molecular complexity index is 632. The van der Waals surface area contributed by atoms with Crippen molar-refractivity contribution in [3.8, 4) is 6.07 Å². The number of aryl methyl sites for hydroxylation is 1. The van der Waals surface area contributed by atoms with Gasteiger partial charge in [0.15, 0.2) is 0 Å². The van der Waals surface area contributed by atoms with Gasteiger partial charge in [-0.2, -0.15) is 5.26 Å². The van der Waals surface area contributed by atoms with Crippen molar-refractivity contribution in [2.45, 2.75) is 5.16 Å². The number of nitrogens with one attached hydrogen (secondary N) is 1. The van der Waals surface area contributed by atoms with Crippen molar-refractivity contribution < 1.29 is 4.79 Å². The van der Waals surface area contributed by atoms with Crippen LogP contribution in [0, 0.1) is 11.3 Å². The van der Waals surface area contributed by atoms with E-state index in [9.17, 15) is 4.79 Å². The minimum absolute atomic E-state index is 0.175. The molecule has 0 radical (unpaired) electrons. The molecule has 7 nitrogen and oxygen atoms in total. The molecule has 0 saturated carbocycles. The van der Waals surface area contributed by atoms with E-state index < -0.39 is 0 Å². The number of carbonyl (C=O) groups excluding carboxylic acids is 1. The molecule has 1 heterocycles. The molecular weight excluding hydrogens is 264 g/mol. The maximum atomic E-state index is 11.8. The van der Waals surface area contributed by atoms with Crippen LogP contribution in [-0.2, 0) is 11.8 Å². The van der Waals surface area contributed by atoms with Crippen LogP contribution in [0.25, 0.3) is 0 Å². The van der Waals surface area contributed by atoms with Crippen molar-refractivity contribution in [2.75, 3.05) is 11.1 Å². The Morgan fingerprint density at radius 1 is 1.53 bits per heavy atom. The quantitative estimate of drug-likeness (QED) is 0.829. The molecule has 1 amide bonds. The van der Waals surface area contributed by atoms with E-state index in [2.05, 4.69) is 20.8 Å². The largest absolute Gasteiger partial charge is 0.324 e. The van der Waals surface area contributed by atoms with E-state index in [-0.39, 0.29) is 11.7 Å². The van der Waals surface area contributed by atoms with Crippen LogP contribution in [0.1, 0.15) is 5.56 Å². The molecule has 1 aromatic carbocycles. The highest BCUT2D eigenvalue weighted by atomic mass is 32.2. The topological polar surface area (TPSA) is 96.5 Å². The third-order valence-electron chi connectivity index (χ3n) is 2.24. The number of para-hydroxylation sites is 1. The van der Waals surface area contributed by atoms with E-state index in [1.54, 1.807) is 31.3 Å². The number of nitrogens with zero attached hydrogens (tertiary/aromatic N) is 5. The Morgan fingerprint density at radius 2 is 2.32 bits per heavy atom. The highest BCUT2D eigenvalue weighted by Gasteiger charge is 2.09. The lowest BCUT2D eigenvalue weighted by Crippen LogP contribution is -2.15. The first-order valence-electron chi connectivity index (χ1n) is 5.35. The number of hydrogen-bond acceptors (Lipinski definition) is 6. The van der Waals surface area contributed by atoms with Gasteiger partial charge in [-0.05, 0) is 22.6 Å². The van der Waals surface area contributed by atoms with E-state index in [4.69, 9.17) is 5.26 Å². The number of aromatic nitrogens is 4. The van der Waals surface area contributed by atoms with Crippen LogP contribution in [-0.4, -0.2) is 31.9 Å². The van der Waals surface area contributed by atoms with Gasteiger partial charge in [-0.1, -0.05) is 23.9 Å². The first-order valence-corrected chi connectivity index (χ1v) is 6.33. The molecule has 0 saturated heterocycles. The number of carbonyl (C=O) groups is 1. The molecule has 0 fully saturated rings. The molecule has 0 aliphatic heterocycles. The molecule has 1 aromatic heterocycles. The minimum atomic E-state index is -0.212. The molecule has 0 atom stereocenters. The summed E-state index contributed by atoms with van der Waals surface area (Å²) in [6.45, 7) is 0. The molecule has 2 rings (SSSR count). The Kier molecular flexibility index (Phi) is 4.10. The molecule has 0 aliphatic rings. The highest BCUT2D eigenvalue weighted by Crippen LogP contribution is 2.16. The van der Waals surface area contributed by atoms with Crippen LogP contribution >= 0.6 is 11.8 Å². The van der Waals surface area contributed by atoms with Crippen LogP contribution in [0.2, 0.25) is 0 Å². The maximum Gasteiger partial charge on any atom is 0.234 e. The maximum absolute atomic E-state index is 11.8. The van der Waals surface area contributed by atoms with Crippen LogP contribution in [0.3, 0.4) is 0 Å². The van der Waals surface area contributed by atoms with Gasteiger partial charge in [0, 0.05) is 7.05 Å². The second-order valence-corrected chi connectivity index (χ2v) is 4.52. The van der Waals surface area contributed by atoms with Gasteiger partial charge >= 0.3 is 0 Å². The van der Waals surface area contributed by atoms with Gasteiger partial charge in [0.25, 0.3) is 0 Å². The molecule has 0 spiro atoms. The second kappa shape index (κ2) is 5.97. The number of tetrazole rings is 1. The lowest BCUT2D eigenvalue weighted by Gasteiger charge is -2.05. The zero-order chi connectivity index (χ0) is 13.7. The molecule has 96 valence electrons. The SMILES string of the molecule is Cn1nnnc1SCC(=O)Nc1ccccc1C#N. The standard InChI is InChI=1S/C11H10N6OS/c1-17-11(14-15-16-17)19-7-10(18)13-9-5-3-2-4-8(9)6-12/h2-5H,7H2,1H3,(H,13,18). The number of anilines is 1. The summed E-state index contributed by atoms with van der Waals surface area (Å²) in [7, 11) is 1.70. The number of amides is 1. The molecule has 0 aliphatic carbocycles. The van der Waals surface area contributed by atoms with Gasteiger partial charge in [0.2, 0.25) is 11.1 Å². The van der Waals surface area contributed by atoms with Crippen molar-refractivity contribution in [1.82, 2.24) is 20.2 Å². The number of hydrogen-bond donors (Lipinski definition) is 1. The number of nitriles is 1.